The van der Waals surface area contributed by atoms with Crippen LogP contribution in [0.1, 0.15) is 23.6 Å². The molecule has 0 aliphatic carbocycles. The normalized spacial score (nSPS) is 10.1. The molecular formula is C18H22N2OS. The van der Waals surface area contributed by atoms with Gasteiger partial charge in [-0.25, -0.2) is 0 Å². The van der Waals surface area contributed by atoms with E-state index in [1.807, 2.05) is 37.3 Å². The third kappa shape index (κ3) is 4.74. The van der Waals surface area contributed by atoms with E-state index in [2.05, 4.69) is 36.6 Å². The molecule has 0 bridgehead atoms. The zero-order chi connectivity index (χ0) is 15.9. The van der Waals surface area contributed by atoms with Crippen molar-refractivity contribution in [1.82, 2.24) is 5.32 Å². The van der Waals surface area contributed by atoms with Crippen LogP contribution >= 0.6 is 12.2 Å². The standard InChI is InChI=1S/C18H22N2OS/c1-4-21-17-9-6-15(7-10-17)12-19-18(22)20-16-8-5-13(2)14(3)11-16/h5-11H,4,12H2,1-3H3,(H2,19,20,22). The fraction of sp³-hybridized carbons (Fsp3) is 0.278. The first-order valence-electron chi connectivity index (χ1n) is 7.42. The average molecular weight is 314 g/mol. The topological polar surface area (TPSA) is 33.3 Å². The van der Waals surface area contributed by atoms with Crippen molar-refractivity contribution in [2.45, 2.75) is 27.3 Å². The van der Waals surface area contributed by atoms with Gasteiger partial charge in [-0.3, -0.25) is 0 Å². The lowest BCUT2D eigenvalue weighted by molar-refractivity contribution is 0.340. The summed E-state index contributed by atoms with van der Waals surface area (Å²) in [4.78, 5) is 0. The van der Waals surface area contributed by atoms with Gasteiger partial charge in [0.15, 0.2) is 5.11 Å². The Kier molecular flexibility index (Phi) is 5.78. The zero-order valence-electron chi connectivity index (χ0n) is 13.3. The van der Waals surface area contributed by atoms with Crippen LogP contribution in [0.15, 0.2) is 42.5 Å². The van der Waals surface area contributed by atoms with Gasteiger partial charge in [0.1, 0.15) is 5.75 Å². The van der Waals surface area contributed by atoms with E-state index in [9.17, 15) is 0 Å². The predicted molar refractivity (Wildman–Crippen MR) is 96.6 cm³/mol. The molecule has 0 spiro atoms. The van der Waals surface area contributed by atoms with Crippen molar-refractivity contribution in [2.75, 3.05) is 11.9 Å². The third-order valence-electron chi connectivity index (χ3n) is 3.45. The summed E-state index contributed by atoms with van der Waals surface area (Å²) in [5, 5.41) is 7.04. The van der Waals surface area contributed by atoms with Crippen molar-refractivity contribution in [3.05, 3.63) is 59.2 Å². The number of nitrogens with one attached hydrogen (secondary N) is 2. The lowest BCUT2D eigenvalue weighted by atomic mass is 10.1. The molecule has 0 aromatic heterocycles. The Morgan fingerprint density at radius 3 is 2.41 bits per heavy atom. The van der Waals surface area contributed by atoms with E-state index >= 15 is 0 Å². The van der Waals surface area contributed by atoms with Crippen molar-refractivity contribution in [3.63, 3.8) is 0 Å². The lowest BCUT2D eigenvalue weighted by Gasteiger charge is -2.12. The Morgan fingerprint density at radius 2 is 1.77 bits per heavy atom. The molecular weight excluding hydrogens is 292 g/mol. The minimum Gasteiger partial charge on any atom is -0.494 e. The van der Waals surface area contributed by atoms with Crippen LogP contribution in [0.3, 0.4) is 0 Å². The van der Waals surface area contributed by atoms with Gasteiger partial charge in [-0.1, -0.05) is 18.2 Å². The summed E-state index contributed by atoms with van der Waals surface area (Å²) in [6.45, 7) is 7.54. The highest BCUT2D eigenvalue weighted by molar-refractivity contribution is 7.80. The number of hydrogen-bond donors (Lipinski definition) is 2. The SMILES string of the molecule is CCOc1ccc(CNC(=S)Nc2ccc(C)c(C)c2)cc1. The Morgan fingerprint density at radius 1 is 1.05 bits per heavy atom. The highest BCUT2D eigenvalue weighted by Gasteiger charge is 2.00. The highest BCUT2D eigenvalue weighted by atomic mass is 32.1. The number of rotatable bonds is 5. The van der Waals surface area contributed by atoms with Gasteiger partial charge in [0, 0.05) is 12.2 Å². The minimum absolute atomic E-state index is 0.622. The molecule has 0 heterocycles. The molecule has 2 aromatic rings. The molecule has 2 rings (SSSR count). The zero-order valence-corrected chi connectivity index (χ0v) is 14.1. The second kappa shape index (κ2) is 7.80. The van der Waals surface area contributed by atoms with Gasteiger partial charge in [0.05, 0.1) is 6.61 Å². The molecule has 0 radical (unpaired) electrons. The van der Waals surface area contributed by atoms with Crippen LogP contribution in [-0.4, -0.2) is 11.7 Å². The van der Waals surface area contributed by atoms with Crippen LogP contribution in [-0.2, 0) is 6.54 Å². The minimum atomic E-state index is 0.622. The maximum atomic E-state index is 5.43. The Balaban J connectivity index is 1.85. The number of ether oxygens (including phenoxy) is 1. The van der Waals surface area contributed by atoms with E-state index in [0.29, 0.717) is 18.3 Å². The van der Waals surface area contributed by atoms with Gasteiger partial charge >= 0.3 is 0 Å². The summed E-state index contributed by atoms with van der Waals surface area (Å²) >= 11 is 5.33. The van der Waals surface area contributed by atoms with Crippen LogP contribution in [0.2, 0.25) is 0 Å². The second-order valence-electron chi connectivity index (χ2n) is 5.18. The van der Waals surface area contributed by atoms with Crippen molar-refractivity contribution in [1.29, 1.82) is 0 Å². The predicted octanol–water partition coefficient (Wildman–Crippen LogP) is 4.19. The molecule has 0 atom stereocenters. The summed E-state index contributed by atoms with van der Waals surface area (Å²) in [6, 6.07) is 14.2. The molecule has 0 amide bonds. The van der Waals surface area contributed by atoms with Gasteiger partial charge in [0.2, 0.25) is 0 Å². The van der Waals surface area contributed by atoms with Crippen LogP contribution in [0.5, 0.6) is 5.75 Å². The van der Waals surface area contributed by atoms with Crippen LogP contribution < -0.4 is 15.4 Å². The summed E-state index contributed by atoms with van der Waals surface area (Å²) in [6.07, 6.45) is 0. The van der Waals surface area contributed by atoms with Crippen molar-refractivity contribution >= 4 is 23.0 Å². The molecule has 22 heavy (non-hydrogen) atoms. The van der Waals surface area contributed by atoms with E-state index < -0.39 is 0 Å². The molecule has 116 valence electrons. The molecule has 0 unspecified atom stereocenters. The largest absolute Gasteiger partial charge is 0.494 e. The fourth-order valence-corrected chi connectivity index (χ4v) is 2.24. The number of benzene rings is 2. The van der Waals surface area contributed by atoms with E-state index in [0.717, 1.165) is 17.0 Å². The Hall–Kier alpha value is -2.07. The second-order valence-corrected chi connectivity index (χ2v) is 5.59. The molecule has 0 aliphatic rings. The number of aryl methyl sites for hydroxylation is 2. The van der Waals surface area contributed by atoms with Gasteiger partial charge < -0.3 is 15.4 Å². The fourth-order valence-electron chi connectivity index (χ4n) is 2.05. The quantitative estimate of drug-likeness (QED) is 0.811. The lowest BCUT2D eigenvalue weighted by Crippen LogP contribution is -2.27. The van der Waals surface area contributed by atoms with Crippen molar-refractivity contribution < 1.29 is 4.74 Å². The number of hydrogen-bond acceptors (Lipinski definition) is 2. The van der Waals surface area contributed by atoms with E-state index in [4.69, 9.17) is 17.0 Å². The van der Waals surface area contributed by atoms with Gasteiger partial charge in [0.25, 0.3) is 0 Å². The van der Waals surface area contributed by atoms with Gasteiger partial charge in [-0.2, -0.15) is 0 Å². The first-order valence-corrected chi connectivity index (χ1v) is 7.83. The summed E-state index contributed by atoms with van der Waals surface area (Å²) in [5.74, 6) is 0.891. The first-order chi connectivity index (χ1) is 10.6. The van der Waals surface area contributed by atoms with E-state index in [1.54, 1.807) is 0 Å². The molecule has 0 saturated carbocycles. The molecule has 4 heteroatoms. The molecule has 0 saturated heterocycles. The van der Waals surface area contributed by atoms with Crippen LogP contribution in [0.25, 0.3) is 0 Å². The molecule has 0 fully saturated rings. The van der Waals surface area contributed by atoms with Gasteiger partial charge in [-0.05, 0) is 73.9 Å². The molecule has 2 N–H and O–H groups in total. The molecule has 2 aromatic carbocycles. The number of anilines is 1. The summed E-state index contributed by atoms with van der Waals surface area (Å²) in [5.41, 5.74) is 4.69. The van der Waals surface area contributed by atoms with Crippen LogP contribution in [0.4, 0.5) is 5.69 Å². The Bertz CT molecular complexity index is 638. The van der Waals surface area contributed by atoms with Crippen molar-refractivity contribution in [2.24, 2.45) is 0 Å². The van der Waals surface area contributed by atoms with Crippen molar-refractivity contribution in [3.8, 4) is 5.75 Å². The first kappa shape index (κ1) is 16.3. The highest BCUT2D eigenvalue weighted by Crippen LogP contribution is 2.14. The monoisotopic (exact) mass is 314 g/mol. The third-order valence-corrected chi connectivity index (χ3v) is 3.70. The maximum absolute atomic E-state index is 5.43. The smallest absolute Gasteiger partial charge is 0.171 e. The Labute approximate surface area is 137 Å². The summed E-state index contributed by atoms with van der Waals surface area (Å²) < 4.78 is 5.43. The average Bonchev–Trinajstić information content (AvgIpc) is 2.51. The molecule has 0 aliphatic heterocycles. The number of thiocarbonyl (C=S) groups is 1. The van der Waals surface area contributed by atoms with E-state index in [-0.39, 0.29) is 0 Å². The van der Waals surface area contributed by atoms with Crippen LogP contribution in [0, 0.1) is 13.8 Å². The summed E-state index contributed by atoms with van der Waals surface area (Å²) in [7, 11) is 0. The maximum Gasteiger partial charge on any atom is 0.171 e. The molecule has 3 nitrogen and oxygen atoms in total. The van der Waals surface area contributed by atoms with E-state index in [1.165, 1.54) is 11.1 Å². The van der Waals surface area contributed by atoms with Gasteiger partial charge in [-0.15, -0.1) is 0 Å².